The lowest BCUT2D eigenvalue weighted by atomic mass is 10.1. The number of aromatic nitrogens is 4. The molecule has 2 N–H and O–H groups in total. The number of halogens is 2. The smallest absolute Gasteiger partial charge is 0.135 e. The summed E-state index contributed by atoms with van der Waals surface area (Å²) in [6.45, 7) is 5.08. The summed E-state index contributed by atoms with van der Waals surface area (Å²) in [5.74, 6) is -0.426. The van der Waals surface area contributed by atoms with Gasteiger partial charge in [0.2, 0.25) is 0 Å². The molecular weight excluding hydrogens is 324 g/mol. The molecule has 7 heteroatoms. The van der Waals surface area contributed by atoms with E-state index in [1.54, 1.807) is 6.20 Å². The Balaban J connectivity index is 1.62. The van der Waals surface area contributed by atoms with Crippen molar-refractivity contribution in [2.75, 3.05) is 6.54 Å². The summed E-state index contributed by atoms with van der Waals surface area (Å²) >= 11 is 0. The molecule has 0 bridgehead atoms. The van der Waals surface area contributed by atoms with Gasteiger partial charge in [-0.2, -0.15) is 5.10 Å². The minimum absolute atomic E-state index is 0.299. The van der Waals surface area contributed by atoms with Gasteiger partial charge in [-0.15, -0.1) is 0 Å². The van der Waals surface area contributed by atoms with Crippen molar-refractivity contribution in [1.29, 1.82) is 0 Å². The standard InChI is InChI=1S/C18H19F2N5/c1-11-7-12(2)24-17(23-11)5-6-21-9-13-10-22-25-18(13)15-4-3-14(19)8-16(15)20/h3-4,7-8,10,21H,5-6,9H2,1-2H3,(H,22,25). The third kappa shape index (κ3) is 4.24. The minimum Gasteiger partial charge on any atom is -0.312 e. The topological polar surface area (TPSA) is 66.5 Å². The van der Waals surface area contributed by atoms with Crippen LogP contribution in [0.1, 0.15) is 22.8 Å². The highest BCUT2D eigenvalue weighted by Crippen LogP contribution is 2.24. The molecule has 0 amide bonds. The summed E-state index contributed by atoms with van der Waals surface area (Å²) < 4.78 is 27.0. The highest BCUT2D eigenvalue weighted by molar-refractivity contribution is 5.63. The van der Waals surface area contributed by atoms with Crippen LogP contribution in [0, 0.1) is 25.5 Å². The lowest BCUT2D eigenvalue weighted by Gasteiger charge is -2.07. The minimum atomic E-state index is -0.617. The molecule has 0 aliphatic carbocycles. The third-order valence-electron chi connectivity index (χ3n) is 3.79. The van der Waals surface area contributed by atoms with Crippen molar-refractivity contribution in [1.82, 2.24) is 25.5 Å². The average molecular weight is 343 g/mol. The molecule has 0 aliphatic rings. The molecule has 0 fully saturated rings. The number of nitrogens with zero attached hydrogens (tertiary/aromatic N) is 3. The third-order valence-corrected chi connectivity index (χ3v) is 3.79. The molecule has 0 spiro atoms. The Bertz CT molecular complexity index is 855. The summed E-state index contributed by atoms with van der Waals surface area (Å²) in [4.78, 5) is 8.80. The van der Waals surface area contributed by atoms with Crippen LogP contribution < -0.4 is 5.32 Å². The number of H-pyrrole nitrogens is 1. The van der Waals surface area contributed by atoms with Crippen molar-refractivity contribution in [2.24, 2.45) is 0 Å². The summed E-state index contributed by atoms with van der Waals surface area (Å²) in [7, 11) is 0. The number of hydrogen-bond donors (Lipinski definition) is 2. The lowest BCUT2D eigenvalue weighted by Crippen LogP contribution is -2.18. The molecule has 3 rings (SSSR count). The van der Waals surface area contributed by atoms with Crippen LogP contribution in [-0.2, 0) is 13.0 Å². The van der Waals surface area contributed by atoms with E-state index in [0.717, 1.165) is 28.8 Å². The molecule has 0 aliphatic heterocycles. The maximum atomic E-state index is 14.0. The van der Waals surface area contributed by atoms with Gasteiger partial charge in [-0.05, 0) is 32.0 Å². The van der Waals surface area contributed by atoms with Crippen molar-refractivity contribution in [3.63, 3.8) is 0 Å². The molecule has 3 aromatic rings. The molecule has 5 nitrogen and oxygen atoms in total. The molecule has 1 aromatic carbocycles. The number of aromatic amines is 1. The first-order valence-electron chi connectivity index (χ1n) is 8.02. The van der Waals surface area contributed by atoms with Crippen LogP contribution in [0.5, 0.6) is 0 Å². The fourth-order valence-corrected chi connectivity index (χ4v) is 2.70. The molecule has 2 aromatic heterocycles. The first-order chi connectivity index (χ1) is 12.0. The Morgan fingerprint density at radius 2 is 1.84 bits per heavy atom. The van der Waals surface area contributed by atoms with Crippen molar-refractivity contribution >= 4 is 0 Å². The fourth-order valence-electron chi connectivity index (χ4n) is 2.70. The number of hydrogen-bond acceptors (Lipinski definition) is 4. The molecule has 130 valence electrons. The van der Waals surface area contributed by atoms with E-state index < -0.39 is 11.6 Å². The van der Waals surface area contributed by atoms with Gasteiger partial charge in [0.25, 0.3) is 0 Å². The van der Waals surface area contributed by atoms with Crippen LogP contribution in [0.4, 0.5) is 8.78 Å². The SMILES string of the molecule is Cc1cc(C)nc(CCNCc2cn[nH]c2-c2ccc(F)cc2F)n1. The Morgan fingerprint density at radius 3 is 2.56 bits per heavy atom. The first-order valence-corrected chi connectivity index (χ1v) is 8.02. The zero-order chi connectivity index (χ0) is 17.8. The van der Waals surface area contributed by atoms with Crippen LogP contribution in [0.2, 0.25) is 0 Å². The van der Waals surface area contributed by atoms with Gasteiger partial charge in [0.1, 0.15) is 17.5 Å². The molecule has 2 heterocycles. The Morgan fingerprint density at radius 1 is 1.08 bits per heavy atom. The zero-order valence-electron chi connectivity index (χ0n) is 14.1. The van der Waals surface area contributed by atoms with Gasteiger partial charge in [-0.3, -0.25) is 5.10 Å². The molecule has 0 saturated heterocycles. The van der Waals surface area contributed by atoms with Gasteiger partial charge in [-0.1, -0.05) is 0 Å². The summed E-state index contributed by atoms with van der Waals surface area (Å²) in [6.07, 6.45) is 2.33. The van der Waals surface area contributed by atoms with E-state index in [-0.39, 0.29) is 0 Å². The summed E-state index contributed by atoms with van der Waals surface area (Å²) in [5, 5.41) is 10.0. The number of benzene rings is 1. The predicted octanol–water partition coefficient (Wildman–Crippen LogP) is 3.09. The molecule has 25 heavy (non-hydrogen) atoms. The number of nitrogens with one attached hydrogen (secondary N) is 2. The highest BCUT2D eigenvalue weighted by atomic mass is 19.1. The van der Waals surface area contributed by atoms with Gasteiger partial charge >= 0.3 is 0 Å². The van der Waals surface area contributed by atoms with Crippen LogP contribution in [0.3, 0.4) is 0 Å². The maximum absolute atomic E-state index is 14.0. The van der Waals surface area contributed by atoms with Gasteiger partial charge in [0.15, 0.2) is 0 Å². The lowest BCUT2D eigenvalue weighted by molar-refractivity contribution is 0.585. The Hall–Kier alpha value is -2.67. The molecule has 0 saturated carbocycles. The zero-order valence-corrected chi connectivity index (χ0v) is 14.1. The average Bonchev–Trinajstić information content (AvgIpc) is 2.99. The van der Waals surface area contributed by atoms with Crippen molar-refractivity contribution in [3.05, 3.63) is 64.9 Å². The first kappa shape index (κ1) is 17.2. The Kier molecular flexibility index (Phi) is 5.14. The second-order valence-electron chi connectivity index (χ2n) is 5.89. The number of rotatable bonds is 6. The van der Waals surface area contributed by atoms with Crippen LogP contribution in [0.15, 0.2) is 30.5 Å². The van der Waals surface area contributed by atoms with E-state index in [0.29, 0.717) is 30.8 Å². The van der Waals surface area contributed by atoms with E-state index >= 15 is 0 Å². The van der Waals surface area contributed by atoms with Gasteiger partial charge in [0.05, 0.1) is 11.9 Å². The fraction of sp³-hybridized carbons (Fsp3) is 0.278. The number of aryl methyl sites for hydroxylation is 2. The van der Waals surface area contributed by atoms with E-state index in [1.807, 2.05) is 19.9 Å². The van der Waals surface area contributed by atoms with Gasteiger partial charge in [0, 0.05) is 48.1 Å². The van der Waals surface area contributed by atoms with E-state index in [1.165, 1.54) is 12.1 Å². The quantitative estimate of drug-likeness (QED) is 0.675. The highest BCUT2D eigenvalue weighted by Gasteiger charge is 2.12. The molecule has 0 radical (unpaired) electrons. The second-order valence-corrected chi connectivity index (χ2v) is 5.89. The molecule has 0 atom stereocenters. The van der Waals surface area contributed by atoms with Crippen molar-refractivity contribution in [2.45, 2.75) is 26.8 Å². The van der Waals surface area contributed by atoms with Crippen LogP contribution >= 0.6 is 0 Å². The van der Waals surface area contributed by atoms with Crippen molar-refractivity contribution < 1.29 is 8.78 Å². The van der Waals surface area contributed by atoms with Crippen LogP contribution in [0.25, 0.3) is 11.3 Å². The summed E-state index contributed by atoms with van der Waals surface area (Å²) in [5.41, 5.74) is 3.56. The van der Waals surface area contributed by atoms with E-state index in [9.17, 15) is 8.78 Å². The summed E-state index contributed by atoms with van der Waals surface area (Å²) in [6, 6.07) is 5.44. The van der Waals surface area contributed by atoms with Gasteiger partial charge < -0.3 is 5.32 Å². The van der Waals surface area contributed by atoms with Crippen molar-refractivity contribution in [3.8, 4) is 11.3 Å². The monoisotopic (exact) mass is 343 g/mol. The van der Waals surface area contributed by atoms with Crippen LogP contribution in [-0.4, -0.2) is 26.7 Å². The predicted molar refractivity (Wildman–Crippen MR) is 90.9 cm³/mol. The molecular formula is C18H19F2N5. The van der Waals surface area contributed by atoms with Gasteiger partial charge in [-0.25, -0.2) is 18.7 Å². The second kappa shape index (κ2) is 7.48. The normalized spacial score (nSPS) is 11.0. The molecule has 0 unspecified atom stereocenters. The Labute approximate surface area is 144 Å². The maximum Gasteiger partial charge on any atom is 0.135 e. The largest absolute Gasteiger partial charge is 0.312 e. The van der Waals surface area contributed by atoms with E-state index in [2.05, 4.69) is 25.5 Å². The van der Waals surface area contributed by atoms with E-state index in [4.69, 9.17) is 0 Å².